The fourth-order valence-electron chi connectivity index (χ4n) is 1.88. The number of nitrogen functional groups attached to an aromatic ring is 1. The second-order valence-corrected chi connectivity index (χ2v) is 5.24. The Balaban J connectivity index is 1.97. The number of benzene rings is 2. The van der Waals surface area contributed by atoms with Gasteiger partial charge < -0.3 is 20.5 Å². The van der Waals surface area contributed by atoms with Crippen LogP contribution in [0.4, 0.5) is 11.4 Å². The predicted molar refractivity (Wildman–Crippen MR) is 81.5 cm³/mol. The topological polar surface area (TPSA) is 73.6 Å². The number of hydrogen-bond donors (Lipinski definition) is 2. The van der Waals surface area contributed by atoms with Crippen LogP contribution in [0.5, 0.6) is 17.2 Å². The summed E-state index contributed by atoms with van der Waals surface area (Å²) >= 11 is 12.0. The maximum Gasteiger partial charge on any atom is 0.262 e. The van der Waals surface area contributed by atoms with Gasteiger partial charge in [-0.15, -0.1) is 0 Å². The molecule has 0 fully saturated rings. The smallest absolute Gasteiger partial charge is 0.262 e. The molecule has 0 aliphatic carbocycles. The van der Waals surface area contributed by atoms with Crippen molar-refractivity contribution in [1.29, 1.82) is 0 Å². The summed E-state index contributed by atoms with van der Waals surface area (Å²) in [6.07, 6.45) is 0. The molecular weight excluding hydrogens is 315 g/mol. The van der Waals surface area contributed by atoms with Gasteiger partial charge in [-0.3, -0.25) is 4.79 Å². The number of ether oxygens (including phenoxy) is 2. The Morgan fingerprint density at radius 2 is 2.00 bits per heavy atom. The van der Waals surface area contributed by atoms with Crippen LogP contribution in [0.15, 0.2) is 30.3 Å². The lowest BCUT2D eigenvalue weighted by atomic mass is 10.2. The van der Waals surface area contributed by atoms with E-state index in [1.165, 1.54) is 0 Å². The third kappa shape index (κ3) is 2.84. The standard InChI is InChI=1S/C14H10Cl2N2O3/c15-7-1-2-8(16)11(3-7)21-12-5-10-13(4-9(12)17)20-6-14(19)18-10/h1-5H,6,17H2,(H,18,19). The molecule has 0 unspecified atom stereocenters. The third-order valence-corrected chi connectivity index (χ3v) is 3.41. The molecule has 108 valence electrons. The van der Waals surface area contributed by atoms with Gasteiger partial charge >= 0.3 is 0 Å². The van der Waals surface area contributed by atoms with Crippen LogP contribution in [0.2, 0.25) is 10.0 Å². The van der Waals surface area contributed by atoms with E-state index in [0.29, 0.717) is 38.7 Å². The highest BCUT2D eigenvalue weighted by Crippen LogP contribution is 2.40. The summed E-state index contributed by atoms with van der Waals surface area (Å²) in [6.45, 7) is -0.0350. The lowest BCUT2D eigenvalue weighted by Crippen LogP contribution is -2.25. The Kier molecular flexibility index (Phi) is 3.53. The van der Waals surface area contributed by atoms with Crippen LogP contribution in [0, 0.1) is 0 Å². The number of hydrogen-bond acceptors (Lipinski definition) is 4. The molecule has 0 bridgehead atoms. The van der Waals surface area contributed by atoms with Crippen molar-refractivity contribution in [3.63, 3.8) is 0 Å². The molecule has 1 aliphatic heterocycles. The summed E-state index contributed by atoms with van der Waals surface area (Å²) in [5, 5.41) is 3.57. The van der Waals surface area contributed by atoms with E-state index in [0.717, 1.165) is 0 Å². The van der Waals surface area contributed by atoms with Gasteiger partial charge in [0.1, 0.15) is 11.5 Å². The summed E-state index contributed by atoms with van der Waals surface area (Å²) in [5.41, 5.74) is 6.78. The number of nitrogens with one attached hydrogen (secondary N) is 1. The van der Waals surface area contributed by atoms with Gasteiger partial charge in [0.25, 0.3) is 5.91 Å². The van der Waals surface area contributed by atoms with Crippen LogP contribution in [-0.2, 0) is 4.79 Å². The van der Waals surface area contributed by atoms with Gasteiger partial charge in [-0.05, 0) is 12.1 Å². The number of fused-ring (bicyclic) bond motifs is 1. The van der Waals surface area contributed by atoms with E-state index in [-0.39, 0.29) is 12.5 Å². The Morgan fingerprint density at radius 1 is 1.19 bits per heavy atom. The number of carbonyl (C=O) groups excluding carboxylic acids is 1. The highest BCUT2D eigenvalue weighted by Gasteiger charge is 2.19. The van der Waals surface area contributed by atoms with Crippen molar-refractivity contribution in [2.24, 2.45) is 0 Å². The lowest BCUT2D eigenvalue weighted by Gasteiger charge is -2.20. The summed E-state index contributed by atoms with van der Waals surface area (Å²) in [4.78, 5) is 11.3. The first kappa shape index (κ1) is 13.9. The van der Waals surface area contributed by atoms with E-state index >= 15 is 0 Å². The molecular formula is C14H10Cl2N2O3. The first-order chi connectivity index (χ1) is 10.0. The van der Waals surface area contributed by atoms with E-state index in [4.69, 9.17) is 38.4 Å². The fraction of sp³-hybridized carbons (Fsp3) is 0.0714. The average molecular weight is 325 g/mol. The van der Waals surface area contributed by atoms with Gasteiger partial charge in [0.2, 0.25) is 0 Å². The van der Waals surface area contributed by atoms with Crippen molar-refractivity contribution in [3.05, 3.63) is 40.4 Å². The van der Waals surface area contributed by atoms with E-state index in [1.807, 2.05) is 0 Å². The van der Waals surface area contributed by atoms with Gasteiger partial charge in [0.05, 0.1) is 16.4 Å². The molecule has 0 saturated heterocycles. The lowest BCUT2D eigenvalue weighted by molar-refractivity contribution is -0.118. The second-order valence-electron chi connectivity index (χ2n) is 4.40. The van der Waals surface area contributed by atoms with Gasteiger partial charge in [-0.2, -0.15) is 0 Å². The molecule has 0 radical (unpaired) electrons. The summed E-state index contributed by atoms with van der Waals surface area (Å²) in [5.74, 6) is 0.984. The first-order valence-electron chi connectivity index (χ1n) is 6.02. The Bertz CT molecular complexity index is 734. The first-order valence-corrected chi connectivity index (χ1v) is 6.77. The largest absolute Gasteiger partial charge is 0.481 e. The van der Waals surface area contributed by atoms with Crippen LogP contribution in [0.25, 0.3) is 0 Å². The van der Waals surface area contributed by atoms with E-state index in [2.05, 4.69) is 5.32 Å². The highest BCUT2D eigenvalue weighted by molar-refractivity contribution is 6.34. The minimum Gasteiger partial charge on any atom is -0.481 e. The molecule has 0 atom stereocenters. The molecule has 0 spiro atoms. The van der Waals surface area contributed by atoms with E-state index in [9.17, 15) is 4.79 Å². The Labute approximate surface area is 130 Å². The number of anilines is 2. The second kappa shape index (κ2) is 5.35. The Morgan fingerprint density at radius 3 is 2.81 bits per heavy atom. The maximum absolute atomic E-state index is 11.3. The zero-order chi connectivity index (χ0) is 15.0. The monoisotopic (exact) mass is 324 g/mol. The molecule has 5 nitrogen and oxygen atoms in total. The molecule has 1 amide bonds. The molecule has 7 heteroatoms. The summed E-state index contributed by atoms with van der Waals surface area (Å²) < 4.78 is 10.9. The zero-order valence-corrected chi connectivity index (χ0v) is 12.2. The molecule has 1 aliphatic rings. The van der Waals surface area contributed by atoms with Crippen molar-refractivity contribution < 1.29 is 14.3 Å². The third-order valence-electron chi connectivity index (χ3n) is 2.86. The average Bonchev–Trinajstić information content (AvgIpc) is 2.44. The molecule has 0 aromatic heterocycles. The molecule has 1 heterocycles. The van der Waals surface area contributed by atoms with E-state index < -0.39 is 0 Å². The number of rotatable bonds is 2. The van der Waals surface area contributed by atoms with Crippen LogP contribution in [0.3, 0.4) is 0 Å². The van der Waals surface area contributed by atoms with Crippen LogP contribution in [-0.4, -0.2) is 12.5 Å². The van der Waals surface area contributed by atoms with Gasteiger partial charge in [0.15, 0.2) is 12.4 Å². The Hall–Kier alpha value is -2.11. The van der Waals surface area contributed by atoms with Crippen molar-refractivity contribution in [2.45, 2.75) is 0 Å². The molecule has 3 rings (SSSR count). The van der Waals surface area contributed by atoms with E-state index in [1.54, 1.807) is 30.3 Å². The predicted octanol–water partition coefficient (Wildman–Crippen LogP) is 3.70. The quantitative estimate of drug-likeness (QED) is 0.826. The van der Waals surface area contributed by atoms with Crippen molar-refractivity contribution in [1.82, 2.24) is 0 Å². The van der Waals surface area contributed by atoms with Crippen LogP contribution >= 0.6 is 23.2 Å². The number of nitrogens with two attached hydrogens (primary N) is 1. The number of amides is 1. The van der Waals surface area contributed by atoms with Crippen molar-refractivity contribution >= 4 is 40.5 Å². The van der Waals surface area contributed by atoms with Crippen molar-refractivity contribution in [3.8, 4) is 17.2 Å². The normalized spacial score (nSPS) is 13.1. The van der Waals surface area contributed by atoms with Gasteiger partial charge in [-0.25, -0.2) is 0 Å². The molecule has 2 aromatic rings. The number of halogens is 2. The molecule has 3 N–H and O–H groups in total. The minimum absolute atomic E-state index is 0.0350. The maximum atomic E-state index is 11.3. The molecule has 2 aromatic carbocycles. The van der Waals surface area contributed by atoms with Crippen molar-refractivity contribution in [2.75, 3.05) is 17.7 Å². The SMILES string of the molecule is Nc1cc2c(cc1Oc1cc(Cl)ccc1Cl)NC(=O)CO2. The fourth-order valence-corrected chi connectivity index (χ4v) is 2.20. The summed E-state index contributed by atoms with van der Waals surface area (Å²) in [7, 11) is 0. The van der Waals surface area contributed by atoms with Gasteiger partial charge in [0, 0.05) is 23.2 Å². The molecule has 0 saturated carbocycles. The van der Waals surface area contributed by atoms with Crippen LogP contribution in [0.1, 0.15) is 0 Å². The summed E-state index contributed by atoms with van der Waals surface area (Å²) in [6, 6.07) is 8.03. The van der Waals surface area contributed by atoms with Gasteiger partial charge in [-0.1, -0.05) is 23.2 Å². The van der Waals surface area contributed by atoms with Crippen LogP contribution < -0.4 is 20.5 Å². The molecule has 21 heavy (non-hydrogen) atoms. The minimum atomic E-state index is -0.237. The zero-order valence-electron chi connectivity index (χ0n) is 10.7. The number of carbonyl (C=O) groups is 1. The highest BCUT2D eigenvalue weighted by atomic mass is 35.5.